The first-order valence-electron chi connectivity index (χ1n) is 9.56. The summed E-state index contributed by atoms with van der Waals surface area (Å²) < 4.78 is 16.4. The molecule has 0 amide bonds. The molecule has 0 spiro atoms. The molecule has 1 unspecified atom stereocenters. The summed E-state index contributed by atoms with van der Waals surface area (Å²) in [5, 5.41) is 5.86. The lowest BCUT2D eigenvalue weighted by Crippen LogP contribution is -2.48. The molecular formula is C22H26N2O4S2. The van der Waals surface area contributed by atoms with Gasteiger partial charge in [0.25, 0.3) is 0 Å². The molecule has 1 atom stereocenters. The molecule has 2 heterocycles. The Hall–Kier alpha value is -2.58. The largest absolute Gasteiger partial charge is 0.493 e. The number of thiophene rings is 1. The molecule has 1 aromatic carbocycles. The highest BCUT2D eigenvalue weighted by atomic mass is 32.1. The van der Waals surface area contributed by atoms with Crippen LogP contribution in [-0.2, 0) is 9.53 Å². The molecule has 0 fully saturated rings. The minimum Gasteiger partial charge on any atom is -0.493 e. The Morgan fingerprint density at radius 3 is 2.43 bits per heavy atom. The molecule has 1 aliphatic heterocycles. The Kier molecular flexibility index (Phi) is 6.67. The third-order valence-corrected chi connectivity index (χ3v) is 6.22. The predicted octanol–water partition coefficient (Wildman–Crippen LogP) is 4.74. The maximum Gasteiger partial charge on any atom is 0.338 e. The van der Waals surface area contributed by atoms with E-state index in [1.807, 2.05) is 62.2 Å². The second-order valence-electron chi connectivity index (χ2n) is 7.18. The normalized spacial score (nSPS) is 16.6. The van der Waals surface area contributed by atoms with E-state index in [2.05, 4.69) is 5.32 Å². The van der Waals surface area contributed by atoms with Crippen molar-refractivity contribution in [2.24, 2.45) is 0 Å². The van der Waals surface area contributed by atoms with Gasteiger partial charge in [0, 0.05) is 16.6 Å². The topological polar surface area (TPSA) is 60.0 Å². The highest BCUT2D eigenvalue weighted by Crippen LogP contribution is 2.39. The van der Waals surface area contributed by atoms with Gasteiger partial charge < -0.3 is 19.5 Å². The van der Waals surface area contributed by atoms with E-state index < -0.39 is 0 Å². The van der Waals surface area contributed by atoms with Gasteiger partial charge in [0.15, 0.2) is 16.6 Å². The molecule has 160 valence electrons. The Bertz CT molecular complexity index is 997. The SMILES string of the molecule is COc1ccc(N2C(=S)NC(c3sccc3C)C(C(=O)OC(C)C)=C2C)cc1OC. The number of carbonyl (C=O) groups is 1. The van der Waals surface area contributed by atoms with Crippen LogP contribution in [0.15, 0.2) is 40.9 Å². The molecule has 2 aromatic rings. The molecule has 1 aromatic heterocycles. The number of esters is 1. The number of hydrogen-bond donors (Lipinski definition) is 1. The molecule has 30 heavy (non-hydrogen) atoms. The monoisotopic (exact) mass is 446 g/mol. The zero-order valence-electron chi connectivity index (χ0n) is 17.9. The molecule has 3 rings (SSSR count). The highest BCUT2D eigenvalue weighted by Gasteiger charge is 2.37. The van der Waals surface area contributed by atoms with Crippen LogP contribution in [0.1, 0.15) is 37.3 Å². The number of nitrogens with zero attached hydrogens (tertiary/aromatic N) is 1. The van der Waals surface area contributed by atoms with Gasteiger partial charge in [0.2, 0.25) is 0 Å². The molecule has 0 saturated carbocycles. The number of anilines is 1. The van der Waals surface area contributed by atoms with Crippen molar-refractivity contribution in [1.82, 2.24) is 5.32 Å². The zero-order chi connectivity index (χ0) is 22.0. The van der Waals surface area contributed by atoms with Gasteiger partial charge >= 0.3 is 5.97 Å². The molecular weight excluding hydrogens is 420 g/mol. The molecule has 0 aliphatic carbocycles. The van der Waals surface area contributed by atoms with Gasteiger partial charge in [-0.3, -0.25) is 4.90 Å². The van der Waals surface area contributed by atoms with E-state index >= 15 is 0 Å². The van der Waals surface area contributed by atoms with Gasteiger partial charge in [0.05, 0.1) is 37.6 Å². The van der Waals surface area contributed by atoms with Crippen molar-refractivity contribution >= 4 is 40.3 Å². The lowest BCUT2D eigenvalue weighted by molar-refractivity contribution is -0.143. The van der Waals surface area contributed by atoms with Gasteiger partial charge in [-0.1, -0.05) is 0 Å². The van der Waals surface area contributed by atoms with Crippen LogP contribution in [0.4, 0.5) is 5.69 Å². The van der Waals surface area contributed by atoms with Crippen LogP contribution < -0.4 is 19.7 Å². The van der Waals surface area contributed by atoms with Crippen molar-refractivity contribution in [2.45, 2.75) is 39.8 Å². The molecule has 0 bridgehead atoms. The zero-order valence-corrected chi connectivity index (χ0v) is 19.6. The Morgan fingerprint density at radius 1 is 1.17 bits per heavy atom. The second kappa shape index (κ2) is 9.06. The third-order valence-electron chi connectivity index (χ3n) is 4.84. The van der Waals surface area contributed by atoms with Crippen LogP contribution in [0.25, 0.3) is 0 Å². The number of hydrogen-bond acceptors (Lipinski definition) is 6. The molecule has 1 N–H and O–H groups in total. The summed E-state index contributed by atoms with van der Waals surface area (Å²) in [7, 11) is 3.17. The fourth-order valence-corrected chi connectivity index (χ4v) is 4.78. The van der Waals surface area contributed by atoms with E-state index in [0.29, 0.717) is 22.2 Å². The minimum absolute atomic E-state index is 0.230. The number of thiocarbonyl (C=S) groups is 1. The first-order chi connectivity index (χ1) is 14.3. The van der Waals surface area contributed by atoms with Crippen LogP contribution in [0.2, 0.25) is 0 Å². The first kappa shape index (κ1) is 22.1. The number of aryl methyl sites for hydroxylation is 1. The van der Waals surface area contributed by atoms with Crippen LogP contribution in [-0.4, -0.2) is 31.4 Å². The summed E-state index contributed by atoms with van der Waals surface area (Å²) in [5.74, 6) is 0.833. The van der Waals surface area contributed by atoms with Crippen molar-refractivity contribution in [3.8, 4) is 11.5 Å². The van der Waals surface area contributed by atoms with Crippen LogP contribution in [0, 0.1) is 6.92 Å². The van der Waals surface area contributed by atoms with E-state index in [1.54, 1.807) is 25.6 Å². The van der Waals surface area contributed by atoms with Gasteiger partial charge in [0.1, 0.15) is 0 Å². The number of allylic oxidation sites excluding steroid dienone is 1. The van der Waals surface area contributed by atoms with E-state index in [9.17, 15) is 4.79 Å². The first-order valence-corrected chi connectivity index (χ1v) is 10.9. The summed E-state index contributed by atoms with van der Waals surface area (Å²) in [6.45, 7) is 7.59. The van der Waals surface area contributed by atoms with Crippen molar-refractivity contribution in [3.63, 3.8) is 0 Å². The minimum atomic E-state index is -0.361. The number of benzene rings is 1. The lowest BCUT2D eigenvalue weighted by atomic mass is 9.98. The summed E-state index contributed by atoms with van der Waals surface area (Å²) >= 11 is 7.30. The predicted molar refractivity (Wildman–Crippen MR) is 123 cm³/mol. The summed E-state index contributed by atoms with van der Waals surface area (Å²) in [6.07, 6.45) is -0.230. The van der Waals surface area contributed by atoms with Crippen LogP contribution in [0.3, 0.4) is 0 Å². The van der Waals surface area contributed by atoms with Crippen molar-refractivity contribution < 1.29 is 19.0 Å². The van der Waals surface area contributed by atoms with Gasteiger partial charge in [-0.15, -0.1) is 11.3 Å². The molecule has 8 heteroatoms. The standard InChI is InChI=1S/C22H26N2O4S2/c1-12(2)28-21(25)18-14(4)24(15-7-8-16(26-5)17(11-15)27-6)22(29)23-19(18)20-13(3)9-10-30-20/h7-12,19H,1-6H3,(H,23,29). The second-order valence-corrected chi connectivity index (χ2v) is 8.51. The van der Waals surface area contributed by atoms with E-state index in [-0.39, 0.29) is 18.1 Å². The quantitative estimate of drug-likeness (QED) is 0.508. The van der Waals surface area contributed by atoms with E-state index in [1.165, 1.54) is 0 Å². The third kappa shape index (κ3) is 4.15. The number of ether oxygens (including phenoxy) is 3. The molecule has 6 nitrogen and oxygen atoms in total. The van der Waals surface area contributed by atoms with E-state index in [4.69, 9.17) is 26.4 Å². The van der Waals surface area contributed by atoms with Gasteiger partial charge in [-0.2, -0.15) is 0 Å². The summed E-state index contributed by atoms with van der Waals surface area (Å²) in [4.78, 5) is 16.0. The van der Waals surface area contributed by atoms with Crippen LogP contribution in [0.5, 0.6) is 11.5 Å². The fourth-order valence-electron chi connectivity index (χ4n) is 3.44. The van der Waals surface area contributed by atoms with Crippen molar-refractivity contribution in [1.29, 1.82) is 0 Å². The molecule has 0 radical (unpaired) electrons. The number of nitrogens with one attached hydrogen (secondary N) is 1. The number of rotatable bonds is 6. The molecule has 0 saturated heterocycles. The number of carbonyl (C=O) groups excluding carboxylic acids is 1. The maximum atomic E-state index is 13.1. The smallest absolute Gasteiger partial charge is 0.338 e. The van der Waals surface area contributed by atoms with Crippen molar-refractivity contribution in [2.75, 3.05) is 19.1 Å². The average Bonchev–Trinajstić information content (AvgIpc) is 3.12. The highest BCUT2D eigenvalue weighted by molar-refractivity contribution is 7.80. The lowest BCUT2D eigenvalue weighted by Gasteiger charge is -2.37. The summed E-state index contributed by atoms with van der Waals surface area (Å²) in [5.41, 5.74) is 3.12. The summed E-state index contributed by atoms with van der Waals surface area (Å²) in [6, 6.07) is 7.19. The van der Waals surface area contributed by atoms with Crippen LogP contribution >= 0.6 is 23.6 Å². The van der Waals surface area contributed by atoms with Crippen molar-refractivity contribution in [3.05, 3.63) is 51.4 Å². The average molecular weight is 447 g/mol. The fraction of sp³-hybridized carbons (Fsp3) is 0.364. The van der Waals surface area contributed by atoms with Gasteiger partial charge in [-0.05, 0) is 69.1 Å². The Labute approximate surface area is 186 Å². The molecule has 1 aliphatic rings. The van der Waals surface area contributed by atoms with Gasteiger partial charge in [-0.25, -0.2) is 4.79 Å². The Morgan fingerprint density at radius 2 is 1.87 bits per heavy atom. The number of methoxy groups -OCH3 is 2. The Balaban J connectivity index is 2.14. The maximum absolute atomic E-state index is 13.1. The van der Waals surface area contributed by atoms with E-state index in [0.717, 1.165) is 21.8 Å².